The maximum absolute atomic E-state index is 2.43. The highest BCUT2D eigenvalue weighted by molar-refractivity contribution is 6.16. The number of para-hydroxylation sites is 4. The predicted molar refractivity (Wildman–Crippen MR) is 266 cm³/mol. The Morgan fingerprint density at radius 2 is 0.794 bits per heavy atom. The second kappa shape index (κ2) is 15.3. The van der Waals surface area contributed by atoms with Crippen LogP contribution in [-0.4, -0.2) is 9.13 Å². The average molecular weight is 804 g/mol. The standard InChI is InChI=1S/C60H41N3/c1-5-18-43(19-6-1)50-26-13-15-29-55(50)61(48-35-32-42(33-36-48)45-34-39-57-54(40-45)52-27-14-16-30-56(52)62(57)46-22-9-3-10-23-46)49-37-38-53-59(41-49)63(47-24-11-4-12-25-47)58-31-17-28-51(60(53)58)44-20-7-2-8-21-44/h1-41H. The van der Waals surface area contributed by atoms with E-state index in [-0.39, 0.29) is 0 Å². The second-order valence-corrected chi connectivity index (χ2v) is 16.1. The van der Waals surface area contributed by atoms with Gasteiger partial charge in [0.05, 0.1) is 27.8 Å². The fourth-order valence-corrected chi connectivity index (χ4v) is 9.68. The lowest BCUT2D eigenvalue weighted by atomic mass is 9.99. The first-order chi connectivity index (χ1) is 31.3. The minimum atomic E-state index is 1.08. The van der Waals surface area contributed by atoms with Gasteiger partial charge in [0, 0.05) is 49.9 Å². The van der Waals surface area contributed by atoms with Crippen LogP contribution in [0.25, 0.3) is 88.4 Å². The van der Waals surface area contributed by atoms with Crippen LogP contribution in [0.2, 0.25) is 0 Å². The van der Waals surface area contributed by atoms with Gasteiger partial charge in [-0.1, -0.05) is 170 Å². The average Bonchev–Trinajstić information content (AvgIpc) is 3.88. The van der Waals surface area contributed by atoms with Crippen molar-refractivity contribution in [2.45, 2.75) is 0 Å². The Morgan fingerprint density at radius 3 is 1.51 bits per heavy atom. The summed E-state index contributed by atoms with van der Waals surface area (Å²) in [4.78, 5) is 2.42. The third-order valence-corrected chi connectivity index (χ3v) is 12.5. The fourth-order valence-electron chi connectivity index (χ4n) is 9.68. The maximum atomic E-state index is 2.43. The third-order valence-electron chi connectivity index (χ3n) is 12.5. The maximum Gasteiger partial charge on any atom is 0.0562 e. The lowest BCUT2D eigenvalue weighted by molar-refractivity contribution is 1.18. The molecule has 12 aromatic rings. The molecule has 0 saturated carbocycles. The summed E-state index contributed by atoms with van der Waals surface area (Å²) in [5.41, 5.74) is 17.4. The minimum Gasteiger partial charge on any atom is -0.310 e. The molecule has 63 heavy (non-hydrogen) atoms. The molecule has 0 amide bonds. The molecular weight excluding hydrogens is 763 g/mol. The smallest absolute Gasteiger partial charge is 0.0562 e. The quantitative estimate of drug-likeness (QED) is 0.149. The third kappa shape index (κ3) is 6.21. The zero-order valence-electron chi connectivity index (χ0n) is 34.5. The molecule has 0 saturated heterocycles. The van der Waals surface area contributed by atoms with Gasteiger partial charge in [0.2, 0.25) is 0 Å². The van der Waals surface area contributed by atoms with Crippen LogP contribution in [0.15, 0.2) is 249 Å². The molecule has 0 N–H and O–H groups in total. The van der Waals surface area contributed by atoms with Gasteiger partial charge in [-0.2, -0.15) is 0 Å². The van der Waals surface area contributed by atoms with E-state index in [9.17, 15) is 0 Å². The van der Waals surface area contributed by atoms with Crippen LogP contribution >= 0.6 is 0 Å². The molecule has 2 heterocycles. The summed E-state index contributed by atoms with van der Waals surface area (Å²) in [6.45, 7) is 0. The molecule has 296 valence electrons. The Bertz CT molecular complexity index is 3590. The summed E-state index contributed by atoms with van der Waals surface area (Å²) in [7, 11) is 0. The van der Waals surface area contributed by atoms with Gasteiger partial charge in [-0.15, -0.1) is 0 Å². The van der Waals surface area contributed by atoms with Gasteiger partial charge in [-0.05, 0) is 107 Å². The van der Waals surface area contributed by atoms with Gasteiger partial charge in [0.15, 0.2) is 0 Å². The first-order valence-corrected chi connectivity index (χ1v) is 21.6. The first-order valence-electron chi connectivity index (χ1n) is 21.6. The number of aromatic nitrogens is 2. The molecule has 0 fully saturated rings. The number of rotatable bonds is 8. The zero-order chi connectivity index (χ0) is 41.7. The number of nitrogens with zero attached hydrogens (tertiary/aromatic N) is 3. The van der Waals surface area contributed by atoms with E-state index in [0.717, 1.165) is 39.5 Å². The molecule has 0 unspecified atom stereocenters. The van der Waals surface area contributed by atoms with E-state index in [4.69, 9.17) is 0 Å². The molecule has 12 rings (SSSR count). The van der Waals surface area contributed by atoms with Crippen LogP contribution < -0.4 is 4.90 Å². The fraction of sp³-hybridized carbons (Fsp3) is 0. The van der Waals surface area contributed by atoms with Crippen molar-refractivity contribution in [3.05, 3.63) is 249 Å². The summed E-state index contributed by atoms with van der Waals surface area (Å²) in [6, 6.07) is 90.1. The van der Waals surface area contributed by atoms with Gasteiger partial charge in [0.25, 0.3) is 0 Å². The van der Waals surface area contributed by atoms with Crippen molar-refractivity contribution in [3.8, 4) is 44.8 Å². The van der Waals surface area contributed by atoms with E-state index >= 15 is 0 Å². The molecule has 3 nitrogen and oxygen atoms in total. The van der Waals surface area contributed by atoms with E-state index in [2.05, 4.69) is 263 Å². The number of benzene rings is 10. The number of hydrogen-bond donors (Lipinski definition) is 0. The highest BCUT2D eigenvalue weighted by Crippen LogP contribution is 2.45. The minimum absolute atomic E-state index is 1.08. The van der Waals surface area contributed by atoms with Crippen molar-refractivity contribution in [2.75, 3.05) is 4.90 Å². The summed E-state index contributed by atoms with van der Waals surface area (Å²) in [5, 5.41) is 4.95. The Morgan fingerprint density at radius 1 is 0.270 bits per heavy atom. The van der Waals surface area contributed by atoms with Gasteiger partial charge in [-0.3, -0.25) is 0 Å². The molecule has 2 aromatic heterocycles. The predicted octanol–water partition coefficient (Wildman–Crippen LogP) is 16.4. The van der Waals surface area contributed by atoms with E-state index in [1.54, 1.807) is 0 Å². The highest BCUT2D eigenvalue weighted by atomic mass is 15.1. The molecule has 3 heteroatoms. The van der Waals surface area contributed by atoms with Crippen molar-refractivity contribution >= 4 is 60.7 Å². The van der Waals surface area contributed by atoms with Crippen LogP contribution in [0.4, 0.5) is 17.1 Å². The van der Waals surface area contributed by atoms with Crippen molar-refractivity contribution in [1.82, 2.24) is 9.13 Å². The lowest BCUT2D eigenvalue weighted by Gasteiger charge is -2.28. The summed E-state index contributed by atoms with van der Waals surface area (Å²) in [6.07, 6.45) is 0. The van der Waals surface area contributed by atoms with Crippen molar-refractivity contribution < 1.29 is 0 Å². The topological polar surface area (TPSA) is 13.1 Å². The van der Waals surface area contributed by atoms with E-state index in [1.165, 1.54) is 65.9 Å². The molecule has 0 aliphatic carbocycles. The monoisotopic (exact) mass is 803 g/mol. The molecule has 0 aliphatic heterocycles. The Kier molecular flexibility index (Phi) is 8.83. The second-order valence-electron chi connectivity index (χ2n) is 16.1. The van der Waals surface area contributed by atoms with Gasteiger partial charge in [0.1, 0.15) is 0 Å². The molecule has 0 spiro atoms. The van der Waals surface area contributed by atoms with E-state index in [0.29, 0.717) is 0 Å². The van der Waals surface area contributed by atoms with Crippen LogP contribution in [0.1, 0.15) is 0 Å². The molecular formula is C60H41N3. The molecule has 0 bridgehead atoms. The van der Waals surface area contributed by atoms with Gasteiger partial charge in [-0.25, -0.2) is 0 Å². The summed E-state index contributed by atoms with van der Waals surface area (Å²) < 4.78 is 4.80. The SMILES string of the molecule is c1ccc(-c2ccccc2N(c2ccc(-c3ccc4c(c3)c3ccccc3n4-c3ccccc3)cc2)c2ccc3c4c(-c5ccccc5)cccc4n(-c4ccccc4)c3c2)cc1. The number of hydrogen-bond acceptors (Lipinski definition) is 1. The Labute approximate surface area is 366 Å². The van der Waals surface area contributed by atoms with E-state index in [1.807, 2.05) is 0 Å². The van der Waals surface area contributed by atoms with Crippen LogP contribution in [0.3, 0.4) is 0 Å². The summed E-state index contributed by atoms with van der Waals surface area (Å²) >= 11 is 0. The number of anilines is 3. The first kappa shape index (κ1) is 36.5. The lowest BCUT2D eigenvalue weighted by Crippen LogP contribution is -2.11. The van der Waals surface area contributed by atoms with Crippen molar-refractivity contribution in [1.29, 1.82) is 0 Å². The zero-order valence-corrected chi connectivity index (χ0v) is 34.5. The summed E-state index contributed by atoms with van der Waals surface area (Å²) in [5.74, 6) is 0. The molecule has 0 atom stereocenters. The normalized spacial score (nSPS) is 11.5. The van der Waals surface area contributed by atoms with Gasteiger partial charge >= 0.3 is 0 Å². The van der Waals surface area contributed by atoms with Gasteiger partial charge < -0.3 is 14.0 Å². The Hall–Kier alpha value is -8.40. The molecule has 0 aliphatic rings. The Balaban J connectivity index is 1.04. The van der Waals surface area contributed by atoms with E-state index < -0.39 is 0 Å². The van der Waals surface area contributed by atoms with Crippen molar-refractivity contribution in [2.24, 2.45) is 0 Å². The molecule has 10 aromatic carbocycles. The van der Waals surface area contributed by atoms with Crippen LogP contribution in [0.5, 0.6) is 0 Å². The largest absolute Gasteiger partial charge is 0.310 e. The van der Waals surface area contributed by atoms with Crippen LogP contribution in [0, 0.1) is 0 Å². The highest BCUT2D eigenvalue weighted by Gasteiger charge is 2.22. The molecule has 0 radical (unpaired) electrons. The van der Waals surface area contributed by atoms with Crippen LogP contribution in [-0.2, 0) is 0 Å². The number of fused-ring (bicyclic) bond motifs is 6. The van der Waals surface area contributed by atoms with Crippen molar-refractivity contribution in [3.63, 3.8) is 0 Å².